The number of fused-ring (bicyclic) bond motifs is 3. The number of nitrogens with zero attached hydrogens (tertiary/aromatic N) is 2. The zero-order chi connectivity index (χ0) is 12.1. The van der Waals surface area contributed by atoms with Crippen molar-refractivity contribution in [3.63, 3.8) is 0 Å². The number of aryl methyl sites for hydroxylation is 2. The second kappa shape index (κ2) is 3.80. The van der Waals surface area contributed by atoms with E-state index >= 15 is 0 Å². The largest absolute Gasteiger partial charge is 0.326 e. The molecule has 3 aromatic heterocycles. The van der Waals surface area contributed by atoms with Crippen LogP contribution in [0, 0.1) is 0 Å². The summed E-state index contributed by atoms with van der Waals surface area (Å²) in [4.78, 5) is 7.61. The van der Waals surface area contributed by atoms with Gasteiger partial charge < -0.3 is 4.57 Å². The van der Waals surface area contributed by atoms with Crippen LogP contribution in [0.3, 0.4) is 0 Å². The Kier molecular flexibility index (Phi) is 2.22. The van der Waals surface area contributed by atoms with Crippen molar-refractivity contribution >= 4 is 22.7 Å². The Hall–Kier alpha value is -1.39. The van der Waals surface area contributed by atoms with Crippen molar-refractivity contribution in [1.29, 1.82) is 0 Å². The number of rotatable bonds is 1. The Bertz CT molecular complexity index is 704. The average Bonchev–Trinajstić information content (AvgIpc) is 3.06. The molecule has 4 rings (SSSR count). The van der Waals surface area contributed by atoms with Crippen molar-refractivity contribution < 1.29 is 0 Å². The van der Waals surface area contributed by atoms with E-state index in [1.807, 2.05) is 11.3 Å². The van der Waals surface area contributed by atoms with Crippen LogP contribution >= 0.6 is 22.7 Å². The first kappa shape index (κ1) is 10.5. The molecule has 0 aromatic carbocycles. The second-order valence-corrected chi connectivity index (χ2v) is 6.47. The minimum absolute atomic E-state index is 1.07. The maximum atomic E-state index is 4.85. The summed E-state index contributed by atoms with van der Waals surface area (Å²) in [5, 5.41) is 4.30. The standard InChI is InChI=1S/C14H12N2S2/c1-16-13-9-6-8-18-11(9)5-4-10(13)15-14(16)12-3-2-7-17-12/h2-3,6-8H,4-5H2,1H3. The third-order valence-electron chi connectivity index (χ3n) is 3.50. The Morgan fingerprint density at radius 3 is 2.94 bits per heavy atom. The highest BCUT2D eigenvalue weighted by Gasteiger charge is 2.24. The first-order valence-corrected chi connectivity index (χ1v) is 7.77. The van der Waals surface area contributed by atoms with Crippen molar-refractivity contribution in [1.82, 2.24) is 9.55 Å². The summed E-state index contributed by atoms with van der Waals surface area (Å²) in [6, 6.07) is 6.47. The number of hydrogen-bond donors (Lipinski definition) is 0. The molecule has 0 saturated carbocycles. The van der Waals surface area contributed by atoms with Gasteiger partial charge >= 0.3 is 0 Å². The van der Waals surface area contributed by atoms with E-state index in [0.29, 0.717) is 0 Å². The lowest BCUT2D eigenvalue weighted by Gasteiger charge is -2.12. The molecule has 4 heteroatoms. The van der Waals surface area contributed by atoms with Gasteiger partial charge in [0.2, 0.25) is 0 Å². The van der Waals surface area contributed by atoms with Crippen LogP contribution in [0.1, 0.15) is 10.6 Å². The fourth-order valence-electron chi connectivity index (χ4n) is 2.67. The van der Waals surface area contributed by atoms with Crippen LogP contribution in [-0.2, 0) is 19.9 Å². The lowest BCUT2D eigenvalue weighted by molar-refractivity contribution is 0.900. The number of imidazole rings is 1. The van der Waals surface area contributed by atoms with Crippen LogP contribution in [0.4, 0.5) is 0 Å². The van der Waals surface area contributed by atoms with Crippen molar-refractivity contribution in [3.8, 4) is 22.0 Å². The Labute approximate surface area is 114 Å². The summed E-state index contributed by atoms with van der Waals surface area (Å²) in [5.41, 5.74) is 3.96. The highest BCUT2D eigenvalue weighted by molar-refractivity contribution is 7.13. The smallest absolute Gasteiger partial charge is 0.150 e. The molecule has 0 saturated heterocycles. The maximum Gasteiger partial charge on any atom is 0.150 e. The van der Waals surface area contributed by atoms with Crippen LogP contribution in [-0.4, -0.2) is 9.55 Å². The molecule has 0 radical (unpaired) electrons. The molecule has 0 atom stereocenters. The van der Waals surface area contributed by atoms with Gasteiger partial charge in [-0.2, -0.15) is 0 Å². The molecule has 0 spiro atoms. The molecule has 0 aliphatic heterocycles. The average molecular weight is 272 g/mol. The van der Waals surface area contributed by atoms with Gasteiger partial charge in [-0.25, -0.2) is 4.98 Å². The first-order chi connectivity index (χ1) is 8.84. The lowest BCUT2D eigenvalue weighted by Crippen LogP contribution is -2.03. The van der Waals surface area contributed by atoms with Crippen LogP contribution in [0.25, 0.3) is 22.0 Å². The maximum absolute atomic E-state index is 4.85. The molecule has 0 fully saturated rings. The molecular weight excluding hydrogens is 260 g/mol. The van der Waals surface area contributed by atoms with E-state index in [4.69, 9.17) is 4.98 Å². The van der Waals surface area contributed by atoms with Gasteiger partial charge in [-0.05, 0) is 35.7 Å². The first-order valence-electron chi connectivity index (χ1n) is 6.01. The molecule has 2 nitrogen and oxygen atoms in total. The fourth-order valence-corrected chi connectivity index (χ4v) is 4.30. The summed E-state index contributed by atoms with van der Waals surface area (Å²) in [6.07, 6.45) is 2.21. The summed E-state index contributed by atoms with van der Waals surface area (Å²) in [6.45, 7) is 0. The van der Waals surface area contributed by atoms with Gasteiger partial charge in [-0.3, -0.25) is 0 Å². The van der Waals surface area contributed by atoms with Crippen LogP contribution in [0.15, 0.2) is 29.0 Å². The van der Waals surface area contributed by atoms with Gasteiger partial charge in [0.05, 0.1) is 16.3 Å². The highest BCUT2D eigenvalue weighted by Crippen LogP contribution is 2.39. The van der Waals surface area contributed by atoms with Gasteiger partial charge in [0.1, 0.15) is 0 Å². The zero-order valence-corrected chi connectivity index (χ0v) is 11.6. The summed E-state index contributed by atoms with van der Waals surface area (Å²) < 4.78 is 2.26. The minimum Gasteiger partial charge on any atom is -0.326 e. The lowest BCUT2D eigenvalue weighted by atomic mass is 10.00. The monoisotopic (exact) mass is 272 g/mol. The molecule has 0 unspecified atom stereocenters. The Balaban J connectivity index is 1.98. The van der Waals surface area contributed by atoms with Crippen LogP contribution < -0.4 is 0 Å². The van der Waals surface area contributed by atoms with E-state index in [2.05, 4.69) is 40.6 Å². The van der Waals surface area contributed by atoms with E-state index < -0.39 is 0 Å². The Morgan fingerprint density at radius 1 is 1.17 bits per heavy atom. The topological polar surface area (TPSA) is 17.8 Å². The van der Waals surface area contributed by atoms with Crippen molar-refractivity contribution in [2.45, 2.75) is 12.8 Å². The molecule has 18 heavy (non-hydrogen) atoms. The molecule has 0 amide bonds. The molecule has 0 bridgehead atoms. The predicted octanol–water partition coefficient (Wildman–Crippen LogP) is 3.98. The third kappa shape index (κ3) is 1.36. The third-order valence-corrected chi connectivity index (χ3v) is 5.34. The molecule has 3 heterocycles. The van der Waals surface area contributed by atoms with E-state index in [9.17, 15) is 0 Å². The number of hydrogen-bond acceptors (Lipinski definition) is 3. The molecule has 90 valence electrons. The fraction of sp³-hybridized carbons (Fsp3) is 0.214. The van der Waals surface area contributed by atoms with Gasteiger partial charge in [0, 0.05) is 17.5 Å². The predicted molar refractivity (Wildman–Crippen MR) is 77.2 cm³/mol. The normalized spacial score (nSPS) is 13.4. The quantitative estimate of drug-likeness (QED) is 0.655. The van der Waals surface area contributed by atoms with Gasteiger partial charge in [0.15, 0.2) is 5.82 Å². The van der Waals surface area contributed by atoms with E-state index in [1.54, 1.807) is 11.3 Å². The van der Waals surface area contributed by atoms with Crippen molar-refractivity contribution in [2.75, 3.05) is 0 Å². The van der Waals surface area contributed by atoms with Crippen LogP contribution in [0.5, 0.6) is 0 Å². The van der Waals surface area contributed by atoms with Crippen molar-refractivity contribution in [3.05, 3.63) is 39.5 Å². The molecule has 0 N–H and O–H groups in total. The zero-order valence-electron chi connectivity index (χ0n) is 10.0. The molecule has 1 aliphatic rings. The van der Waals surface area contributed by atoms with E-state index in [-0.39, 0.29) is 0 Å². The number of aromatic nitrogens is 2. The van der Waals surface area contributed by atoms with E-state index in [1.165, 1.54) is 26.7 Å². The van der Waals surface area contributed by atoms with E-state index in [0.717, 1.165) is 18.7 Å². The van der Waals surface area contributed by atoms with Gasteiger partial charge in [0.25, 0.3) is 0 Å². The Morgan fingerprint density at radius 2 is 2.11 bits per heavy atom. The number of thiophene rings is 2. The van der Waals surface area contributed by atoms with Gasteiger partial charge in [-0.15, -0.1) is 22.7 Å². The second-order valence-electron chi connectivity index (χ2n) is 4.52. The highest BCUT2D eigenvalue weighted by atomic mass is 32.1. The molecular formula is C14H12N2S2. The summed E-state index contributed by atoms with van der Waals surface area (Å²) in [7, 11) is 2.13. The summed E-state index contributed by atoms with van der Waals surface area (Å²) >= 11 is 3.62. The molecule has 3 aromatic rings. The van der Waals surface area contributed by atoms with Gasteiger partial charge in [-0.1, -0.05) is 6.07 Å². The SMILES string of the molecule is Cn1c(-c2cccs2)nc2c1-c1ccsc1CC2. The summed E-state index contributed by atoms with van der Waals surface area (Å²) in [5.74, 6) is 1.11. The van der Waals surface area contributed by atoms with Crippen LogP contribution in [0.2, 0.25) is 0 Å². The minimum atomic E-state index is 1.07. The van der Waals surface area contributed by atoms with Crippen molar-refractivity contribution in [2.24, 2.45) is 7.05 Å². The molecule has 1 aliphatic carbocycles.